The predicted molar refractivity (Wildman–Crippen MR) is 70.3 cm³/mol. The van der Waals surface area contributed by atoms with Crippen molar-refractivity contribution in [3.63, 3.8) is 0 Å². The molecule has 0 fully saturated rings. The molecular weight excluding hydrogens is 259 g/mol. The summed E-state index contributed by atoms with van der Waals surface area (Å²) in [6.07, 6.45) is 0. The van der Waals surface area contributed by atoms with Crippen LogP contribution in [0.15, 0.2) is 12.1 Å². The van der Waals surface area contributed by atoms with Gasteiger partial charge in [-0.05, 0) is 13.1 Å². The lowest BCUT2D eigenvalue weighted by Gasteiger charge is -2.23. The molecule has 1 unspecified atom stereocenters. The van der Waals surface area contributed by atoms with Gasteiger partial charge in [-0.1, -0.05) is 26.8 Å². The van der Waals surface area contributed by atoms with Gasteiger partial charge in [-0.25, -0.2) is 13.2 Å². The van der Waals surface area contributed by atoms with Crippen molar-refractivity contribution in [2.45, 2.75) is 31.6 Å². The minimum atomic E-state index is -1.41. The maximum absolute atomic E-state index is 13.7. The van der Waals surface area contributed by atoms with Crippen LogP contribution in [-0.4, -0.2) is 17.5 Å². The summed E-state index contributed by atoms with van der Waals surface area (Å²) in [5, 5.41) is 2.93. The Morgan fingerprint density at radius 1 is 1.17 bits per heavy atom. The van der Waals surface area contributed by atoms with Gasteiger partial charge in [0.25, 0.3) is 0 Å². The van der Waals surface area contributed by atoms with Gasteiger partial charge in [0.2, 0.25) is 0 Å². The first kappa shape index (κ1) is 15.4. The summed E-state index contributed by atoms with van der Waals surface area (Å²) in [6.45, 7) is 6.14. The topological polar surface area (TPSA) is 12.0 Å². The number of hydrogen-bond acceptors (Lipinski definition) is 2. The van der Waals surface area contributed by atoms with Gasteiger partial charge in [-0.15, -0.1) is 0 Å². The fourth-order valence-corrected chi connectivity index (χ4v) is 2.48. The van der Waals surface area contributed by atoms with Crippen molar-refractivity contribution in [2.75, 3.05) is 12.8 Å². The molecule has 102 valence electrons. The minimum absolute atomic E-state index is 0.0319. The summed E-state index contributed by atoms with van der Waals surface area (Å²) < 4.78 is 39.7. The molecule has 0 saturated carbocycles. The molecule has 0 radical (unpaired) electrons. The predicted octanol–water partition coefficient (Wildman–Crippen LogP) is 3.90. The van der Waals surface area contributed by atoms with Crippen molar-refractivity contribution in [2.24, 2.45) is 0 Å². The highest BCUT2D eigenvalue weighted by molar-refractivity contribution is 8.00. The van der Waals surface area contributed by atoms with E-state index in [2.05, 4.69) is 5.32 Å². The summed E-state index contributed by atoms with van der Waals surface area (Å²) >= 11 is 1.63. The molecule has 0 amide bonds. The van der Waals surface area contributed by atoms with Gasteiger partial charge in [0.15, 0.2) is 17.5 Å². The Labute approximate surface area is 110 Å². The van der Waals surface area contributed by atoms with E-state index >= 15 is 0 Å². The molecule has 0 heterocycles. The molecule has 0 aliphatic heterocycles. The van der Waals surface area contributed by atoms with E-state index in [1.54, 1.807) is 18.8 Å². The first-order valence-electron chi connectivity index (χ1n) is 5.71. The second-order valence-electron chi connectivity index (χ2n) is 5.03. The Bertz CT molecular complexity index is 415. The van der Waals surface area contributed by atoms with Crippen molar-refractivity contribution >= 4 is 11.8 Å². The lowest BCUT2D eigenvalue weighted by molar-refractivity contribution is 0.433. The van der Waals surface area contributed by atoms with E-state index in [1.807, 2.05) is 20.8 Å². The molecule has 1 aromatic rings. The fraction of sp³-hybridized carbons (Fsp3) is 0.538. The molecule has 0 aliphatic rings. The normalized spacial score (nSPS) is 13.7. The Hall–Kier alpha value is -0.680. The van der Waals surface area contributed by atoms with E-state index in [4.69, 9.17) is 0 Å². The smallest absolute Gasteiger partial charge is 0.194 e. The van der Waals surface area contributed by atoms with Crippen LogP contribution in [0, 0.1) is 17.5 Å². The van der Waals surface area contributed by atoms with Gasteiger partial charge in [0, 0.05) is 22.1 Å². The molecule has 1 atom stereocenters. The molecule has 1 N–H and O–H groups in total. The fourth-order valence-electron chi connectivity index (χ4n) is 1.47. The highest BCUT2D eigenvalue weighted by atomic mass is 32.2. The Morgan fingerprint density at radius 2 is 1.78 bits per heavy atom. The number of nitrogens with one attached hydrogen (secondary N) is 1. The van der Waals surface area contributed by atoms with Crippen LogP contribution in [0.25, 0.3) is 0 Å². The van der Waals surface area contributed by atoms with Crippen molar-refractivity contribution in [3.8, 4) is 0 Å². The van der Waals surface area contributed by atoms with Crippen LogP contribution >= 0.6 is 11.8 Å². The molecule has 1 nitrogen and oxygen atoms in total. The second kappa shape index (κ2) is 5.97. The third-order valence-corrected chi connectivity index (χ3v) is 3.84. The van der Waals surface area contributed by atoms with Crippen molar-refractivity contribution in [3.05, 3.63) is 35.1 Å². The first-order chi connectivity index (χ1) is 8.26. The molecule has 0 spiro atoms. The third kappa shape index (κ3) is 3.92. The number of hydrogen-bond donors (Lipinski definition) is 1. The Kier molecular flexibility index (Phi) is 5.10. The minimum Gasteiger partial charge on any atom is -0.312 e. The molecule has 1 aromatic carbocycles. The zero-order valence-electron chi connectivity index (χ0n) is 11.0. The van der Waals surface area contributed by atoms with Crippen LogP contribution in [0.4, 0.5) is 13.2 Å². The maximum Gasteiger partial charge on any atom is 0.194 e. The van der Waals surface area contributed by atoms with Crippen LogP contribution in [-0.2, 0) is 0 Å². The van der Waals surface area contributed by atoms with Crippen molar-refractivity contribution in [1.29, 1.82) is 0 Å². The van der Waals surface area contributed by atoms with Crippen molar-refractivity contribution < 1.29 is 13.2 Å². The molecule has 1 rings (SSSR count). The average molecular weight is 277 g/mol. The largest absolute Gasteiger partial charge is 0.312 e. The quantitative estimate of drug-likeness (QED) is 0.838. The van der Waals surface area contributed by atoms with Gasteiger partial charge >= 0.3 is 0 Å². The molecular formula is C13H18F3NS. The molecule has 5 heteroatoms. The van der Waals surface area contributed by atoms with Gasteiger partial charge < -0.3 is 5.32 Å². The van der Waals surface area contributed by atoms with Crippen LogP contribution in [0.1, 0.15) is 32.4 Å². The summed E-state index contributed by atoms with van der Waals surface area (Å²) in [5.74, 6) is -3.09. The Morgan fingerprint density at radius 3 is 2.28 bits per heavy atom. The van der Waals surface area contributed by atoms with E-state index in [9.17, 15) is 13.2 Å². The van der Waals surface area contributed by atoms with Crippen LogP contribution in [0.5, 0.6) is 0 Å². The molecule has 0 aromatic heterocycles. The Balaban J connectivity index is 2.92. The highest BCUT2D eigenvalue weighted by Gasteiger charge is 2.21. The molecule has 0 bridgehead atoms. The zero-order chi connectivity index (χ0) is 13.9. The molecule has 0 aliphatic carbocycles. The zero-order valence-corrected chi connectivity index (χ0v) is 11.8. The van der Waals surface area contributed by atoms with E-state index in [1.165, 1.54) is 6.07 Å². The molecule has 0 saturated heterocycles. The summed E-state index contributed by atoms with van der Waals surface area (Å²) in [4.78, 5) is 0. The van der Waals surface area contributed by atoms with E-state index in [-0.39, 0.29) is 16.4 Å². The van der Waals surface area contributed by atoms with Gasteiger partial charge in [-0.3, -0.25) is 0 Å². The number of thioether (sulfide) groups is 1. The van der Waals surface area contributed by atoms with Crippen LogP contribution in [0.2, 0.25) is 0 Å². The summed E-state index contributed by atoms with van der Waals surface area (Å²) in [5.41, 5.74) is 0.160. The lowest BCUT2D eigenvalue weighted by Crippen LogP contribution is -2.23. The summed E-state index contributed by atoms with van der Waals surface area (Å²) in [6, 6.07) is 1.90. The average Bonchev–Trinajstić information content (AvgIpc) is 2.28. The van der Waals surface area contributed by atoms with E-state index in [0.717, 1.165) is 6.07 Å². The summed E-state index contributed by atoms with van der Waals surface area (Å²) in [7, 11) is 1.68. The van der Waals surface area contributed by atoms with Crippen LogP contribution < -0.4 is 5.32 Å². The van der Waals surface area contributed by atoms with Crippen LogP contribution in [0.3, 0.4) is 0 Å². The first-order valence-corrected chi connectivity index (χ1v) is 6.69. The van der Waals surface area contributed by atoms with Crippen molar-refractivity contribution in [1.82, 2.24) is 5.32 Å². The van der Waals surface area contributed by atoms with E-state index in [0.29, 0.717) is 5.75 Å². The maximum atomic E-state index is 13.7. The number of halogens is 3. The monoisotopic (exact) mass is 277 g/mol. The highest BCUT2D eigenvalue weighted by Crippen LogP contribution is 2.30. The SMILES string of the molecule is CNC(CSC(C)(C)C)c1ccc(F)c(F)c1F. The number of benzene rings is 1. The van der Waals surface area contributed by atoms with Gasteiger partial charge in [0.1, 0.15) is 0 Å². The van der Waals surface area contributed by atoms with Gasteiger partial charge in [-0.2, -0.15) is 11.8 Å². The number of rotatable bonds is 4. The standard InChI is InChI=1S/C13H18F3NS/c1-13(2,3)18-7-10(17-4)8-5-6-9(14)12(16)11(8)15/h5-6,10,17H,7H2,1-4H3. The lowest BCUT2D eigenvalue weighted by atomic mass is 10.1. The molecule has 18 heavy (non-hydrogen) atoms. The third-order valence-electron chi connectivity index (χ3n) is 2.47. The van der Waals surface area contributed by atoms with E-state index < -0.39 is 17.5 Å². The van der Waals surface area contributed by atoms with Gasteiger partial charge in [0.05, 0.1) is 0 Å². The second-order valence-corrected chi connectivity index (χ2v) is 6.88.